The smallest absolute Gasteiger partial charge is 0.329 e. The van der Waals surface area contributed by atoms with Crippen LogP contribution in [-0.2, 0) is 30.8 Å². The summed E-state index contributed by atoms with van der Waals surface area (Å²) in [5, 5.41) is 2.73. The number of benzene rings is 2. The predicted octanol–water partition coefficient (Wildman–Crippen LogP) is 3.45. The highest BCUT2D eigenvalue weighted by atomic mass is 32.2. The van der Waals surface area contributed by atoms with Crippen molar-refractivity contribution >= 4 is 21.9 Å². The minimum Gasteiger partial charge on any atom is -0.497 e. The number of esters is 1. The molecule has 3 rings (SSSR count). The summed E-state index contributed by atoms with van der Waals surface area (Å²) in [7, 11) is -2.58. The molecule has 1 fully saturated rings. The van der Waals surface area contributed by atoms with Crippen molar-refractivity contribution in [2.75, 3.05) is 13.7 Å². The number of amides is 1. The van der Waals surface area contributed by atoms with Crippen LogP contribution < -0.4 is 10.1 Å². The predicted molar refractivity (Wildman–Crippen MR) is 132 cm³/mol. The van der Waals surface area contributed by atoms with Crippen molar-refractivity contribution in [2.45, 2.75) is 69.0 Å². The summed E-state index contributed by atoms with van der Waals surface area (Å²) in [6.07, 6.45) is 1.64. The quantitative estimate of drug-likeness (QED) is 0.535. The Morgan fingerprint density at radius 1 is 1.14 bits per heavy atom. The lowest BCUT2D eigenvalue weighted by molar-refractivity contribution is -0.158. The molecule has 1 aliphatic rings. The fourth-order valence-electron chi connectivity index (χ4n) is 4.05. The molecule has 0 aliphatic carbocycles. The summed E-state index contributed by atoms with van der Waals surface area (Å²) in [4.78, 5) is 26.2. The van der Waals surface area contributed by atoms with Crippen LogP contribution in [0.1, 0.15) is 45.6 Å². The van der Waals surface area contributed by atoms with Gasteiger partial charge < -0.3 is 14.8 Å². The highest BCUT2D eigenvalue weighted by Crippen LogP contribution is 2.26. The Kier molecular flexibility index (Phi) is 8.73. The van der Waals surface area contributed by atoms with Crippen molar-refractivity contribution in [3.05, 3.63) is 59.9 Å². The molecule has 0 saturated carbocycles. The highest BCUT2D eigenvalue weighted by Gasteiger charge is 2.39. The van der Waals surface area contributed by atoms with Crippen LogP contribution in [0.4, 0.5) is 4.39 Å². The largest absolute Gasteiger partial charge is 0.497 e. The first-order chi connectivity index (χ1) is 16.9. The Labute approximate surface area is 211 Å². The number of carbonyl (C=O) groups excluding carboxylic acids is 2. The molecule has 0 aromatic heterocycles. The number of nitrogens with zero attached hydrogens (tertiary/aromatic N) is 1. The van der Waals surface area contributed by atoms with Gasteiger partial charge in [0.2, 0.25) is 15.9 Å². The molecule has 0 radical (unpaired) electrons. The molecule has 1 heterocycles. The van der Waals surface area contributed by atoms with E-state index in [1.807, 2.05) is 0 Å². The van der Waals surface area contributed by atoms with E-state index < -0.39 is 45.4 Å². The standard InChI is InChI=1S/C26H33FN2O6S/c1-26(2,3)35-25(31)22(16-18-11-13-20(34-4)14-12-18)28-24(30)23-10-5-6-15-29(23)36(32,33)21-9-7-8-19(27)17-21/h7-9,11-14,17,22-23H,5-6,10,15-16H2,1-4H3,(H,28,30). The van der Waals surface area contributed by atoms with Crippen LogP contribution in [0.2, 0.25) is 0 Å². The molecule has 196 valence electrons. The third kappa shape index (κ3) is 7.04. The lowest BCUT2D eigenvalue weighted by atomic mass is 10.0. The number of piperidine rings is 1. The van der Waals surface area contributed by atoms with Gasteiger partial charge in [-0.05, 0) is 69.5 Å². The highest BCUT2D eigenvalue weighted by molar-refractivity contribution is 7.89. The van der Waals surface area contributed by atoms with Gasteiger partial charge in [0.25, 0.3) is 0 Å². The van der Waals surface area contributed by atoms with Gasteiger partial charge in [-0.1, -0.05) is 24.6 Å². The third-order valence-electron chi connectivity index (χ3n) is 5.77. The second-order valence-electron chi connectivity index (χ2n) is 9.73. The maximum Gasteiger partial charge on any atom is 0.329 e. The molecule has 8 nitrogen and oxygen atoms in total. The second kappa shape index (κ2) is 11.4. The monoisotopic (exact) mass is 520 g/mol. The van der Waals surface area contributed by atoms with Crippen molar-refractivity contribution in [2.24, 2.45) is 0 Å². The first-order valence-corrected chi connectivity index (χ1v) is 13.3. The Balaban J connectivity index is 1.85. The van der Waals surface area contributed by atoms with Gasteiger partial charge in [-0.15, -0.1) is 0 Å². The number of hydrogen-bond donors (Lipinski definition) is 1. The van der Waals surface area contributed by atoms with E-state index in [2.05, 4.69) is 5.32 Å². The van der Waals surface area contributed by atoms with Gasteiger partial charge in [-0.25, -0.2) is 17.6 Å². The van der Waals surface area contributed by atoms with Crippen LogP contribution >= 0.6 is 0 Å². The zero-order chi connectivity index (χ0) is 26.5. The summed E-state index contributed by atoms with van der Waals surface area (Å²) in [6.45, 7) is 5.30. The molecule has 2 unspecified atom stereocenters. The zero-order valence-electron chi connectivity index (χ0n) is 21.0. The molecule has 2 atom stereocenters. The average molecular weight is 521 g/mol. The van der Waals surface area contributed by atoms with Gasteiger partial charge in [-0.3, -0.25) is 4.79 Å². The van der Waals surface area contributed by atoms with E-state index in [9.17, 15) is 22.4 Å². The molecular formula is C26H33FN2O6S. The molecule has 2 aromatic carbocycles. The summed E-state index contributed by atoms with van der Waals surface area (Å²) >= 11 is 0. The molecule has 1 saturated heterocycles. The number of hydrogen-bond acceptors (Lipinski definition) is 6. The Morgan fingerprint density at radius 3 is 2.44 bits per heavy atom. The average Bonchev–Trinajstić information content (AvgIpc) is 2.83. The van der Waals surface area contributed by atoms with Gasteiger partial charge in [0, 0.05) is 13.0 Å². The van der Waals surface area contributed by atoms with E-state index >= 15 is 0 Å². The van der Waals surface area contributed by atoms with E-state index in [0.717, 1.165) is 22.0 Å². The van der Waals surface area contributed by atoms with Crippen molar-refractivity contribution in [3.63, 3.8) is 0 Å². The molecule has 2 aromatic rings. The Morgan fingerprint density at radius 2 is 1.83 bits per heavy atom. The van der Waals surface area contributed by atoms with Crippen LogP contribution in [0.15, 0.2) is 53.4 Å². The summed E-state index contributed by atoms with van der Waals surface area (Å²) in [6, 6.07) is 9.70. The summed E-state index contributed by atoms with van der Waals surface area (Å²) < 4.78 is 52.1. The van der Waals surface area contributed by atoms with Crippen LogP contribution in [0, 0.1) is 5.82 Å². The summed E-state index contributed by atoms with van der Waals surface area (Å²) in [5.74, 6) is -1.25. The Hall–Kier alpha value is -2.98. The van der Waals surface area contributed by atoms with Gasteiger partial charge >= 0.3 is 5.97 Å². The SMILES string of the molecule is COc1ccc(CC(NC(=O)C2CCCCN2S(=O)(=O)c2cccc(F)c2)C(=O)OC(C)(C)C)cc1. The van der Waals surface area contributed by atoms with Gasteiger partial charge in [0.1, 0.15) is 29.3 Å². The number of methoxy groups -OCH3 is 1. The van der Waals surface area contributed by atoms with Gasteiger partial charge in [-0.2, -0.15) is 4.31 Å². The van der Waals surface area contributed by atoms with E-state index in [-0.39, 0.29) is 24.3 Å². The molecule has 0 spiro atoms. The lowest BCUT2D eigenvalue weighted by Crippen LogP contribution is -2.55. The molecule has 1 aliphatic heterocycles. The topological polar surface area (TPSA) is 102 Å². The van der Waals surface area contributed by atoms with Crippen molar-refractivity contribution in [1.82, 2.24) is 9.62 Å². The van der Waals surface area contributed by atoms with Crippen LogP contribution in [-0.4, -0.2) is 55.9 Å². The van der Waals surface area contributed by atoms with E-state index in [4.69, 9.17) is 9.47 Å². The minimum atomic E-state index is -4.13. The van der Waals surface area contributed by atoms with Crippen molar-refractivity contribution < 1.29 is 31.9 Å². The fourth-order valence-corrected chi connectivity index (χ4v) is 5.74. The maximum atomic E-state index is 13.7. The van der Waals surface area contributed by atoms with E-state index in [1.54, 1.807) is 52.1 Å². The lowest BCUT2D eigenvalue weighted by Gasteiger charge is -2.34. The number of ether oxygens (including phenoxy) is 2. The maximum absolute atomic E-state index is 13.7. The molecule has 1 N–H and O–H groups in total. The minimum absolute atomic E-state index is 0.118. The zero-order valence-corrected chi connectivity index (χ0v) is 21.8. The molecule has 36 heavy (non-hydrogen) atoms. The number of nitrogens with one attached hydrogen (secondary N) is 1. The molecule has 10 heteroatoms. The molecule has 1 amide bonds. The van der Waals surface area contributed by atoms with Gasteiger partial charge in [0.15, 0.2) is 0 Å². The van der Waals surface area contributed by atoms with Crippen LogP contribution in [0.5, 0.6) is 5.75 Å². The number of carbonyl (C=O) groups is 2. The van der Waals surface area contributed by atoms with Gasteiger partial charge in [0.05, 0.1) is 12.0 Å². The fraction of sp³-hybridized carbons (Fsp3) is 0.462. The van der Waals surface area contributed by atoms with Crippen molar-refractivity contribution in [3.8, 4) is 5.75 Å². The normalized spacial score (nSPS) is 17.8. The first kappa shape index (κ1) is 27.6. The van der Waals surface area contributed by atoms with Crippen LogP contribution in [0.3, 0.4) is 0 Å². The Bertz CT molecular complexity index is 1180. The van der Waals surface area contributed by atoms with Crippen molar-refractivity contribution in [1.29, 1.82) is 0 Å². The first-order valence-electron chi connectivity index (χ1n) is 11.8. The number of rotatable bonds is 8. The molecule has 0 bridgehead atoms. The molecular weight excluding hydrogens is 487 g/mol. The van der Waals surface area contributed by atoms with Crippen LogP contribution in [0.25, 0.3) is 0 Å². The summed E-state index contributed by atoms with van der Waals surface area (Å²) in [5.41, 5.74) is -0.0165. The van der Waals surface area contributed by atoms with E-state index in [0.29, 0.717) is 18.6 Å². The second-order valence-corrected chi connectivity index (χ2v) is 11.6. The third-order valence-corrected chi connectivity index (χ3v) is 7.67. The van der Waals surface area contributed by atoms with E-state index in [1.165, 1.54) is 12.1 Å². The number of sulfonamides is 1. The number of halogens is 1.